The van der Waals surface area contributed by atoms with E-state index in [4.69, 9.17) is 16.3 Å². The number of carbonyl (C=O) groups is 1. The van der Waals surface area contributed by atoms with Crippen LogP contribution in [0.5, 0.6) is 5.75 Å². The number of halogens is 3. The maximum Gasteiger partial charge on any atom is 0.243 e. The Hall–Kier alpha value is -2.23. The van der Waals surface area contributed by atoms with Crippen LogP contribution in [0.3, 0.4) is 0 Å². The molecule has 1 aliphatic rings. The Labute approximate surface area is 172 Å². The molecule has 1 atom stereocenters. The molecule has 6 nitrogen and oxygen atoms in total. The number of nitrogens with zero attached hydrogens (tertiary/aromatic N) is 1. The van der Waals surface area contributed by atoms with E-state index in [2.05, 4.69) is 5.32 Å². The molecule has 3 rings (SSSR count). The lowest BCUT2D eigenvalue weighted by atomic mass is 9.98. The zero-order valence-electron chi connectivity index (χ0n) is 15.5. The number of carbonyl (C=O) groups excluding carboxylic acids is 1. The second-order valence-electron chi connectivity index (χ2n) is 6.61. The topological polar surface area (TPSA) is 75.7 Å². The van der Waals surface area contributed by atoms with Crippen LogP contribution in [0.2, 0.25) is 5.02 Å². The van der Waals surface area contributed by atoms with E-state index in [-0.39, 0.29) is 28.7 Å². The first-order chi connectivity index (χ1) is 13.7. The number of sulfonamides is 1. The molecule has 1 saturated heterocycles. The Morgan fingerprint density at radius 1 is 1.24 bits per heavy atom. The molecule has 2 aromatic carbocycles. The molecule has 0 saturated carbocycles. The monoisotopic (exact) mass is 444 g/mol. The number of hydrogen-bond acceptors (Lipinski definition) is 4. The Bertz CT molecular complexity index is 1030. The van der Waals surface area contributed by atoms with Gasteiger partial charge in [-0.05, 0) is 43.2 Å². The van der Waals surface area contributed by atoms with Gasteiger partial charge in [-0.2, -0.15) is 4.31 Å². The molecule has 2 aromatic rings. The molecule has 10 heteroatoms. The second kappa shape index (κ2) is 8.64. The molecule has 29 heavy (non-hydrogen) atoms. The summed E-state index contributed by atoms with van der Waals surface area (Å²) in [5, 5.41) is 2.50. The fraction of sp³-hybridized carbons (Fsp3) is 0.316. The summed E-state index contributed by atoms with van der Waals surface area (Å²) in [6.07, 6.45) is 0.880. The average Bonchev–Trinajstić information content (AvgIpc) is 2.70. The lowest BCUT2D eigenvalue weighted by Crippen LogP contribution is -2.43. The van der Waals surface area contributed by atoms with E-state index in [0.717, 1.165) is 18.2 Å². The third kappa shape index (κ3) is 4.68. The van der Waals surface area contributed by atoms with Gasteiger partial charge in [0.25, 0.3) is 0 Å². The zero-order chi connectivity index (χ0) is 21.2. The Kier molecular flexibility index (Phi) is 6.40. The number of nitrogens with one attached hydrogen (secondary N) is 1. The molecule has 1 fully saturated rings. The summed E-state index contributed by atoms with van der Waals surface area (Å²) in [4.78, 5) is 12.5. The Balaban J connectivity index is 1.76. The molecule has 0 bridgehead atoms. The van der Waals surface area contributed by atoms with E-state index in [1.54, 1.807) is 0 Å². The van der Waals surface area contributed by atoms with Crippen LogP contribution in [0.15, 0.2) is 41.3 Å². The van der Waals surface area contributed by atoms with Gasteiger partial charge in [0.05, 0.1) is 28.6 Å². The first kappa shape index (κ1) is 21.5. The van der Waals surface area contributed by atoms with E-state index in [1.165, 1.54) is 29.6 Å². The molecule has 156 valence electrons. The van der Waals surface area contributed by atoms with Crippen LogP contribution in [0.1, 0.15) is 12.8 Å². The molecule has 0 aromatic heterocycles. The molecule has 1 N–H and O–H groups in total. The molecule has 1 aliphatic heterocycles. The van der Waals surface area contributed by atoms with Crippen LogP contribution in [-0.4, -0.2) is 38.8 Å². The molecule has 0 aliphatic carbocycles. The zero-order valence-corrected chi connectivity index (χ0v) is 17.1. The second-order valence-corrected chi connectivity index (χ2v) is 8.96. The number of rotatable bonds is 5. The van der Waals surface area contributed by atoms with E-state index in [1.807, 2.05) is 0 Å². The summed E-state index contributed by atoms with van der Waals surface area (Å²) in [5.74, 6) is -2.38. The maximum atomic E-state index is 13.8. The fourth-order valence-corrected chi connectivity index (χ4v) is 5.03. The number of amides is 1. The van der Waals surface area contributed by atoms with Gasteiger partial charge >= 0.3 is 0 Å². The van der Waals surface area contributed by atoms with Crippen molar-refractivity contribution >= 4 is 33.2 Å². The van der Waals surface area contributed by atoms with Crippen molar-refractivity contribution in [3.05, 3.63) is 53.1 Å². The van der Waals surface area contributed by atoms with Crippen molar-refractivity contribution in [1.29, 1.82) is 0 Å². The lowest BCUT2D eigenvalue weighted by molar-refractivity contribution is -0.120. The highest BCUT2D eigenvalue weighted by Crippen LogP contribution is 2.30. The third-order valence-corrected chi connectivity index (χ3v) is 6.86. The lowest BCUT2D eigenvalue weighted by Gasteiger charge is -2.31. The van der Waals surface area contributed by atoms with E-state index in [0.29, 0.717) is 18.6 Å². The van der Waals surface area contributed by atoms with Gasteiger partial charge in [0.15, 0.2) is 0 Å². The molecule has 0 spiro atoms. The van der Waals surface area contributed by atoms with Gasteiger partial charge in [0.2, 0.25) is 15.9 Å². The number of anilines is 1. The van der Waals surface area contributed by atoms with Crippen LogP contribution < -0.4 is 10.1 Å². The highest BCUT2D eigenvalue weighted by atomic mass is 35.5. The van der Waals surface area contributed by atoms with Crippen molar-refractivity contribution in [3.8, 4) is 5.75 Å². The molecule has 1 unspecified atom stereocenters. The predicted molar refractivity (Wildman–Crippen MR) is 104 cm³/mol. The van der Waals surface area contributed by atoms with Gasteiger partial charge in [-0.3, -0.25) is 4.79 Å². The van der Waals surface area contributed by atoms with Crippen molar-refractivity contribution in [2.24, 2.45) is 5.92 Å². The summed E-state index contributed by atoms with van der Waals surface area (Å²) >= 11 is 6.03. The largest absolute Gasteiger partial charge is 0.495 e. The smallest absolute Gasteiger partial charge is 0.243 e. The van der Waals surface area contributed by atoms with Crippen LogP contribution in [-0.2, 0) is 14.8 Å². The van der Waals surface area contributed by atoms with Gasteiger partial charge in [0, 0.05) is 19.2 Å². The summed E-state index contributed by atoms with van der Waals surface area (Å²) in [7, 11) is -2.46. The van der Waals surface area contributed by atoms with Gasteiger partial charge in [0.1, 0.15) is 17.4 Å². The average molecular weight is 445 g/mol. The summed E-state index contributed by atoms with van der Waals surface area (Å²) in [6.45, 7) is 0.166. The van der Waals surface area contributed by atoms with Crippen LogP contribution >= 0.6 is 11.6 Å². The molecule has 1 amide bonds. The van der Waals surface area contributed by atoms with Crippen molar-refractivity contribution in [1.82, 2.24) is 4.31 Å². The van der Waals surface area contributed by atoms with Crippen LogP contribution in [0.4, 0.5) is 14.5 Å². The first-order valence-electron chi connectivity index (χ1n) is 8.82. The first-order valence-corrected chi connectivity index (χ1v) is 10.6. The minimum absolute atomic E-state index is 0.0134. The number of methoxy groups -OCH3 is 1. The highest BCUT2D eigenvalue weighted by molar-refractivity contribution is 7.89. The number of hydrogen-bond donors (Lipinski definition) is 1. The van der Waals surface area contributed by atoms with E-state index >= 15 is 0 Å². The van der Waals surface area contributed by atoms with E-state index < -0.39 is 33.5 Å². The minimum Gasteiger partial charge on any atom is -0.495 e. The van der Waals surface area contributed by atoms with Crippen molar-refractivity contribution in [3.63, 3.8) is 0 Å². The fourth-order valence-electron chi connectivity index (χ4n) is 3.16. The molecular formula is C19H19ClF2N2O4S. The number of ether oxygens (including phenoxy) is 1. The van der Waals surface area contributed by atoms with Gasteiger partial charge in [-0.25, -0.2) is 17.2 Å². The molecular weight excluding hydrogens is 426 g/mol. The standard InChI is InChI=1S/C19H19ClF2N2O4S/c1-28-18-7-5-14(10-15(18)20)29(26,27)24-8-2-3-12(11-24)19(25)23-17-9-13(21)4-6-16(17)22/h4-7,9-10,12H,2-3,8,11H2,1H3,(H,23,25). The maximum absolute atomic E-state index is 13.8. The SMILES string of the molecule is COc1ccc(S(=O)(=O)N2CCCC(C(=O)Nc3cc(F)ccc3F)C2)cc1Cl. The highest BCUT2D eigenvalue weighted by Gasteiger charge is 2.34. The predicted octanol–water partition coefficient (Wildman–Crippen LogP) is 3.67. The van der Waals surface area contributed by atoms with E-state index in [9.17, 15) is 22.0 Å². The number of piperidine rings is 1. The van der Waals surface area contributed by atoms with Crippen molar-refractivity contribution in [2.75, 3.05) is 25.5 Å². The van der Waals surface area contributed by atoms with Gasteiger partial charge in [-0.15, -0.1) is 0 Å². The Morgan fingerprint density at radius 3 is 2.69 bits per heavy atom. The quantitative estimate of drug-likeness (QED) is 0.763. The van der Waals surface area contributed by atoms with Crippen LogP contribution in [0, 0.1) is 17.6 Å². The summed E-state index contributed by atoms with van der Waals surface area (Å²) < 4.78 is 59.2. The van der Waals surface area contributed by atoms with Gasteiger partial charge in [-0.1, -0.05) is 11.6 Å². The number of benzene rings is 2. The Morgan fingerprint density at radius 2 is 2.00 bits per heavy atom. The summed E-state index contributed by atoms with van der Waals surface area (Å²) in [5.41, 5.74) is -0.281. The van der Waals surface area contributed by atoms with Crippen LogP contribution in [0.25, 0.3) is 0 Å². The normalized spacial score (nSPS) is 17.7. The third-order valence-electron chi connectivity index (χ3n) is 4.70. The summed E-state index contributed by atoms with van der Waals surface area (Å²) in [6, 6.07) is 6.86. The molecule has 1 heterocycles. The van der Waals surface area contributed by atoms with Crippen molar-refractivity contribution < 1.29 is 26.7 Å². The van der Waals surface area contributed by atoms with Crippen molar-refractivity contribution in [2.45, 2.75) is 17.7 Å². The minimum atomic E-state index is -3.88. The van der Waals surface area contributed by atoms with Gasteiger partial charge < -0.3 is 10.1 Å². The molecule has 0 radical (unpaired) electrons.